The second-order valence-corrected chi connectivity index (χ2v) is 16.3. The number of benzene rings is 1. The van der Waals surface area contributed by atoms with Gasteiger partial charge in [0.15, 0.2) is 11.2 Å². The molecule has 2 spiro atoms. The van der Waals surface area contributed by atoms with Crippen LogP contribution in [-0.2, 0) is 38.2 Å². The van der Waals surface area contributed by atoms with Crippen molar-refractivity contribution >= 4 is 68.7 Å². The molecule has 6 rings (SSSR count). The van der Waals surface area contributed by atoms with Gasteiger partial charge in [0.1, 0.15) is 34.4 Å². The molecule has 2 heterocycles. The third-order valence-corrected chi connectivity index (χ3v) is 13.5. The van der Waals surface area contributed by atoms with E-state index in [1.54, 1.807) is 22.5 Å². The fourth-order valence-corrected chi connectivity index (χ4v) is 10.7. The Labute approximate surface area is 278 Å². The van der Waals surface area contributed by atoms with E-state index in [4.69, 9.17) is 26.4 Å². The molecule has 0 unspecified atom stereocenters. The van der Waals surface area contributed by atoms with Crippen LogP contribution in [0.4, 0.5) is 0 Å². The van der Waals surface area contributed by atoms with Gasteiger partial charge in [0.25, 0.3) is 0 Å². The van der Waals surface area contributed by atoms with Gasteiger partial charge in [-0.3, -0.25) is 24.0 Å². The van der Waals surface area contributed by atoms with E-state index in [2.05, 4.69) is 6.58 Å². The third kappa shape index (κ3) is 5.04. The van der Waals surface area contributed by atoms with Crippen LogP contribution in [0.25, 0.3) is 10.4 Å². The zero-order chi connectivity index (χ0) is 33.0. The molecule has 4 aliphatic rings. The topological polar surface area (TPSA) is 130 Å². The number of carbonyl (C=O) groups excluding carboxylic acids is 6. The number of ether oxygens (including phenoxy) is 3. The molecule has 2 bridgehead atoms. The SMILES string of the molecule is C=C1C(=O)[C@@]23C(=O)OC[C@]4(C(=O)CCC(C)(C)[C@H]4C=O)[C@@H]2CC[C@@H]1[C@H]3OC(=O)CCCC(=O)Oc1ccc(-c2cc(=S)ss2)cc1. The van der Waals surface area contributed by atoms with Crippen molar-refractivity contribution in [2.24, 2.45) is 34.0 Å². The summed E-state index contributed by atoms with van der Waals surface area (Å²) in [6.07, 6.45) is 0.819. The maximum atomic E-state index is 14.0. The van der Waals surface area contributed by atoms with Crippen LogP contribution >= 0.6 is 32.9 Å². The van der Waals surface area contributed by atoms with Crippen molar-refractivity contribution in [2.75, 3.05) is 6.61 Å². The lowest BCUT2D eigenvalue weighted by atomic mass is 9.44. The van der Waals surface area contributed by atoms with E-state index >= 15 is 0 Å². The van der Waals surface area contributed by atoms with Crippen LogP contribution in [0.1, 0.15) is 58.8 Å². The first kappa shape index (κ1) is 32.6. The standard InChI is InChI=1S/C34H34O9S3/c1-18-21-11-12-23-33(24(16-35)32(2,3)14-13-25(33)36)17-41-31(40)34(23,29(18)39)30(21)43-27(38)6-4-5-26(37)42-20-9-7-19(8-10-20)22-15-28(44)46-45-22/h7-10,15-16,21,23-24,30H,1,4-6,11-14,17H2,2-3H3/t21-,23-,24+,30+,33-,34-/m0/s1. The lowest BCUT2D eigenvalue weighted by molar-refractivity contribution is -0.224. The summed E-state index contributed by atoms with van der Waals surface area (Å²) in [4.78, 5) is 80.8. The second-order valence-electron chi connectivity index (χ2n) is 13.4. The molecule has 4 fully saturated rings. The van der Waals surface area contributed by atoms with E-state index < -0.39 is 63.8 Å². The van der Waals surface area contributed by atoms with Crippen LogP contribution in [0.2, 0.25) is 0 Å². The van der Waals surface area contributed by atoms with Gasteiger partial charge < -0.3 is 19.0 Å². The molecule has 3 aliphatic carbocycles. The van der Waals surface area contributed by atoms with Crippen LogP contribution in [-0.4, -0.2) is 48.5 Å². The third-order valence-electron chi connectivity index (χ3n) is 10.5. The van der Waals surface area contributed by atoms with E-state index in [0.717, 1.165) is 20.6 Å². The Bertz CT molecular complexity index is 1700. The van der Waals surface area contributed by atoms with E-state index in [1.807, 2.05) is 32.0 Å². The van der Waals surface area contributed by atoms with Gasteiger partial charge in [0.05, 0.1) is 5.41 Å². The van der Waals surface area contributed by atoms with Crippen molar-refractivity contribution in [3.05, 3.63) is 46.3 Å². The summed E-state index contributed by atoms with van der Waals surface area (Å²) in [5, 5.41) is 0. The molecular weight excluding hydrogens is 649 g/mol. The summed E-state index contributed by atoms with van der Waals surface area (Å²) in [7, 11) is 3.09. The van der Waals surface area contributed by atoms with Crippen LogP contribution in [0.3, 0.4) is 0 Å². The first-order chi connectivity index (χ1) is 21.9. The molecule has 242 valence electrons. The first-order valence-corrected chi connectivity index (χ1v) is 17.9. The monoisotopic (exact) mass is 682 g/mol. The average Bonchev–Trinajstić information content (AvgIpc) is 3.50. The molecule has 2 aromatic rings. The van der Waals surface area contributed by atoms with Crippen LogP contribution in [0.5, 0.6) is 5.75 Å². The minimum absolute atomic E-state index is 0.0635. The van der Waals surface area contributed by atoms with Gasteiger partial charge >= 0.3 is 17.9 Å². The molecule has 1 aromatic carbocycles. The van der Waals surface area contributed by atoms with E-state index in [0.29, 0.717) is 25.0 Å². The predicted molar refractivity (Wildman–Crippen MR) is 172 cm³/mol. The molecule has 6 atom stereocenters. The highest BCUT2D eigenvalue weighted by Gasteiger charge is 2.78. The summed E-state index contributed by atoms with van der Waals surface area (Å²) in [6, 6.07) is 8.98. The Kier molecular flexibility index (Phi) is 8.52. The summed E-state index contributed by atoms with van der Waals surface area (Å²) >= 11 is 5.19. The highest BCUT2D eigenvalue weighted by Crippen LogP contribution is 2.67. The minimum atomic E-state index is -1.94. The van der Waals surface area contributed by atoms with Crippen LogP contribution in [0.15, 0.2) is 42.5 Å². The zero-order valence-electron chi connectivity index (χ0n) is 25.5. The molecule has 1 aromatic heterocycles. The van der Waals surface area contributed by atoms with E-state index in [1.165, 1.54) is 10.3 Å². The van der Waals surface area contributed by atoms with Gasteiger partial charge in [-0.05, 0) is 72.6 Å². The molecular formula is C34H34O9S3. The number of esters is 3. The van der Waals surface area contributed by atoms with Crippen molar-refractivity contribution in [1.29, 1.82) is 0 Å². The fourth-order valence-electron chi connectivity index (χ4n) is 8.32. The Morgan fingerprint density at radius 2 is 1.80 bits per heavy atom. The largest absolute Gasteiger partial charge is 0.464 e. The Morgan fingerprint density at radius 1 is 1.09 bits per heavy atom. The molecule has 0 N–H and O–H groups in total. The molecule has 0 radical (unpaired) electrons. The second kappa shape index (κ2) is 12.0. The number of aldehydes is 1. The van der Waals surface area contributed by atoms with E-state index in [-0.39, 0.29) is 43.6 Å². The van der Waals surface area contributed by atoms with Crippen LogP contribution in [0, 0.1) is 37.8 Å². The number of rotatable bonds is 8. The lowest BCUT2D eigenvalue weighted by Gasteiger charge is -2.59. The Balaban J connectivity index is 1.15. The number of Topliss-reactive ketones (excluding diaryl/α,β-unsaturated/α-hetero) is 2. The predicted octanol–water partition coefficient (Wildman–Crippen LogP) is 6.09. The van der Waals surface area contributed by atoms with Gasteiger partial charge in [-0.2, -0.15) is 0 Å². The molecule has 1 saturated heterocycles. The number of hydrogen-bond acceptors (Lipinski definition) is 12. The highest BCUT2D eigenvalue weighted by atomic mass is 32.9. The highest BCUT2D eigenvalue weighted by molar-refractivity contribution is 7.80. The molecule has 9 nitrogen and oxygen atoms in total. The first-order valence-electron chi connectivity index (χ1n) is 15.4. The summed E-state index contributed by atoms with van der Waals surface area (Å²) in [6.45, 7) is 7.48. The maximum Gasteiger partial charge on any atom is 0.324 e. The number of ketones is 2. The molecule has 3 saturated carbocycles. The van der Waals surface area contributed by atoms with Gasteiger partial charge in [0, 0.05) is 41.9 Å². The summed E-state index contributed by atoms with van der Waals surface area (Å²) in [5.41, 5.74) is -2.78. The Hall–Kier alpha value is -3.35. The van der Waals surface area contributed by atoms with E-state index in [9.17, 15) is 28.8 Å². The number of cyclic esters (lactones) is 1. The summed E-state index contributed by atoms with van der Waals surface area (Å²) < 4.78 is 17.8. The zero-order valence-corrected chi connectivity index (χ0v) is 28.0. The normalized spacial score (nSPS) is 31.3. The fraction of sp³-hybridized carbons (Fsp3) is 0.500. The van der Waals surface area contributed by atoms with Crippen molar-refractivity contribution in [1.82, 2.24) is 0 Å². The quantitative estimate of drug-likeness (QED) is 0.0613. The van der Waals surface area contributed by atoms with Gasteiger partial charge in [-0.15, -0.1) is 0 Å². The Morgan fingerprint density at radius 3 is 2.48 bits per heavy atom. The molecule has 46 heavy (non-hydrogen) atoms. The van der Waals surface area contributed by atoms with Crippen molar-refractivity contribution in [3.8, 4) is 16.2 Å². The van der Waals surface area contributed by atoms with Gasteiger partial charge in [-0.25, -0.2) is 0 Å². The summed E-state index contributed by atoms with van der Waals surface area (Å²) in [5.74, 6) is -4.75. The average molecular weight is 683 g/mol. The number of fused-ring (bicyclic) bond motifs is 2. The lowest BCUT2D eigenvalue weighted by Crippen LogP contribution is -2.70. The van der Waals surface area contributed by atoms with Crippen molar-refractivity contribution in [3.63, 3.8) is 0 Å². The van der Waals surface area contributed by atoms with Gasteiger partial charge in [-0.1, -0.05) is 53.3 Å². The maximum absolute atomic E-state index is 14.0. The number of carbonyl (C=O) groups is 6. The van der Waals surface area contributed by atoms with Gasteiger partial charge in [0.2, 0.25) is 0 Å². The molecule has 0 amide bonds. The van der Waals surface area contributed by atoms with Crippen molar-refractivity contribution < 1.29 is 43.0 Å². The number of hydrogen-bond donors (Lipinski definition) is 0. The minimum Gasteiger partial charge on any atom is -0.464 e. The molecule has 12 heteroatoms. The van der Waals surface area contributed by atoms with Crippen molar-refractivity contribution in [2.45, 2.75) is 64.9 Å². The smallest absolute Gasteiger partial charge is 0.324 e. The molecule has 1 aliphatic heterocycles. The van der Waals surface area contributed by atoms with Crippen LogP contribution < -0.4 is 4.74 Å².